The van der Waals surface area contributed by atoms with Gasteiger partial charge in [0.1, 0.15) is 0 Å². The van der Waals surface area contributed by atoms with E-state index in [9.17, 15) is 26.4 Å². The van der Waals surface area contributed by atoms with E-state index in [4.69, 9.17) is 0 Å². The summed E-state index contributed by atoms with van der Waals surface area (Å²) in [5, 5.41) is 4.42. The second-order valence-electron chi connectivity index (χ2n) is 7.89. The van der Waals surface area contributed by atoms with Gasteiger partial charge in [0.25, 0.3) is 5.56 Å². The molecule has 0 aliphatic carbocycles. The smallest absolute Gasteiger partial charge is 0.299 e. The molecule has 3 aromatic rings. The van der Waals surface area contributed by atoms with Gasteiger partial charge in [-0.3, -0.25) is 9.69 Å². The highest BCUT2D eigenvalue weighted by atomic mass is 32.2. The number of hydrogen-bond acceptors (Lipinski definition) is 5. The van der Waals surface area contributed by atoms with Gasteiger partial charge in [0.2, 0.25) is 10.0 Å². The van der Waals surface area contributed by atoms with Crippen LogP contribution >= 0.6 is 0 Å². The van der Waals surface area contributed by atoms with Gasteiger partial charge >= 0.3 is 6.18 Å². The molecule has 0 saturated carbocycles. The van der Waals surface area contributed by atoms with Gasteiger partial charge in [-0.25, -0.2) is 13.1 Å². The highest BCUT2D eigenvalue weighted by molar-refractivity contribution is 7.89. The zero-order chi connectivity index (χ0) is 24.3. The van der Waals surface area contributed by atoms with Crippen LogP contribution in [-0.4, -0.2) is 60.1 Å². The number of halogens is 3. The average Bonchev–Trinajstić information content (AvgIpc) is 2.84. The van der Waals surface area contributed by atoms with Crippen molar-refractivity contribution in [1.29, 1.82) is 0 Å². The molecule has 0 unspecified atom stereocenters. The van der Waals surface area contributed by atoms with E-state index in [2.05, 4.69) is 5.10 Å². The topological polar surface area (TPSA) is 75.5 Å². The molecule has 180 valence electrons. The van der Waals surface area contributed by atoms with Crippen molar-refractivity contribution < 1.29 is 21.6 Å². The quantitative estimate of drug-likeness (QED) is 0.529. The number of sulfonamides is 1. The number of benzene rings is 2. The number of rotatable bonds is 6. The van der Waals surface area contributed by atoms with Crippen LogP contribution in [0, 0.1) is 0 Å². The SMILES string of the molecule is O=c1ccc(-c2ccccc2)nn1CCN1CCN(S(=O)(=O)c2ccccc2C(F)(F)F)CC1. The Morgan fingerprint density at radius 1 is 0.824 bits per heavy atom. The van der Waals surface area contributed by atoms with E-state index < -0.39 is 26.7 Å². The number of nitrogens with zero attached hydrogens (tertiary/aromatic N) is 4. The molecule has 0 atom stereocenters. The normalized spacial score (nSPS) is 16.0. The zero-order valence-corrected chi connectivity index (χ0v) is 19.0. The van der Waals surface area contributed by atoms with E-state index in [0.717, 1.165) is 22.0 Å². The fourth-order valence-electron chi connectivity index (χ4n) is 3.87. The summed E-state index contributed by atoms with van der Waals surface area (Å²) >= 11 is 0. The third-order valence-corrected chi connectivity index (χ3v) is 7.66. The third kappa shape index (κ3) is 5.21. The summed E-state index contributed by atoms with van der Waals surface area (Å²) in [4.78, 5) is 13.5. The Bertz CT molecular complexity index is 1300. The fourth-order valence-corrected chi connectivity index (χ4v) is 5.50. The number of piperazine rings is 1. The first kappa shape index (κ1) is 24.1. The van der Waals surface area contributed by atoms with Crippen molar-refractivity contribution in [3.63, 3.8) is 0 Å². The molecule has 0 amide bonds. The number of hydrogen-bond donors (Lipinski definition) is 0. The van der Waals surface area contributed by atoms with Crippen molar-refractivity contribution in [3.8, 4) is 11.3 Å². The lowest BCUT2D eigenvalue weighted by atomic mass is 10.1. The molecule has 1 saturated heterocycles. The number of aromatic nitrogens is 2. The first-order chi connectivity index (χ1) is 16.2. The van der Waals surface area contributed by atoms with Crippen LogP contribution < -0.4 is 5.56 Å². The zero-order valence-electron chi connectivity index (χ0n) is 18.1. The van der Waals surface area contributed by atoms with E-state index in [1.807, 2.05) is 35.2 Å². The van der Waals surface area contributed by atoms with E-state index >= 15 is 0 Å². The Balaban J connectivity index is 1.41. The summed E-state index contributed by atoms with van der Waals surface area (Å²) < 4.78 is 68.2. The Labute approximate surface area is 195 Å². The van der Waals surface area contributed by atoms with E-state index in [1.54, 1.807) is 6.07 Å². The average molecular weight is 493 g/mol. The molecule has 2 heterocycles. The summed E-state index contributed by atoms with van der Waals surface area (Å²) in [6, 6.07) is 16.8. The molecular formula is C23H23F3N4O3S. The molecule has 34 heavy (non-hydrogen) atoms. The molecule has 2 aromatic carbocycles. The molecular weight excluding hydrogens is 469 g/mol. The lowest BCUT2D eigenvalue weighted by molar-refractivity contribution is -0.139. The Hall–Kier alpha value is -3.02. The summed E-state index contributed by atoms with van der Waals surface area (Å²) in [6.07, 6.45) is -4.76. The van der Waals surface area contributed by atoms with E-state index in [1.165, 1.54) is 22.9 Å². The minimum atomic E-state index is -4.76. The van der Waals surface area contributed by atoms with Crippen LogP contribution in [-0.2, 0) is 22.7 Å². The van der Waals surface area contributed by atoms with Crippen LogP contribution in [0.3, 0.4) is 0 Å². The van der Waals surface area contributed by atoms with Crippen molar-refractivity contribution in [3.05, 3.63) is 82.6 Å². The standard InChI is InChI=1S/C23H23F3N4O3S/c24-23(25,26)19-8-4-5-9-21(19)34(32,33)29-15-12-28(13-16-29)14-17-30-22(31)11-10-20(27-30)18-6-2-1-3-7-18/h1-11H,12-17H2. The van der Waals surface area contributed by atoms with Gasteiger partial charge in [-0.15, -0.1) is 0 Å². The van der Waals surface area contributed by atoms with Crippen molar-refractivity contribution in [2.75, 3.05) is 32.7 Å². The molecule has 0 spiro atoms. The molecule has 1 aromatic heterocycles. The lowest BCUT2D eigenvalue weighted by Gasteiger charge is -2.34. The van der Waals surface area contributed by atoms with Crippen LogP contribution in [0.1, 0.15) is 5.56 Å². The van der Waals surface area contributed by atoms with Crippen molar-refractivity contribution in [2.24, 2.45) is 0 Å². The van der Waals surface area contributed by atoms with Gasteiger partial charge in [0.15, 0.2) is 0 Å². The Kier molecular flexibility index (Phi) is 6.87. The second-order valence-corrected chi connectivity index (χ2v) is 9.79. The van der Waals surface area contributed by atoms with Gasteiger partial charge in [-0.2, -0.15) is 22.6 Å². The maximum Gasteiger partial charge on any atom is 0.417 e. The second kappa shape index (κ2) is 9.69. The molecule has 1 aliphatic heterocycles. The Morgan fingerprint density at radius 2 is 1.47 bits per heavy atom. The number of alkyl halides is 3. The molecule has 1 aliphatic rings. The van der Waals surface area contributed by atoms with Crippen LogP contribution in [0.5, 0.6) is 0 Å². The van der Waals surface area contributed by atoms with Gasteiger partial charge in [0.05, 0.1) is 22.7 Å². The highest BCUT2D eigenvalue weighted by Gasteiger charge is 2.39. The third-order valence-electron chi connectivity index (χ3n) is 5.71. The molecule has 11 heteroatoms. The summed E-state index contributed by atoms with van der Waals surface area (Å²) in [5.74, 6) is 0. The molecule has 0 bridgehead atoms. The van der Waals surface area contributed by atoms with E-state index in [0.29, 0.717) is 31.9 Å². The van der Waals surface area contributed by atoms with Crippen LogP contribution in [0.15, 0.2) is 76.4 Å². The highest BCUT2D eigenvalue weighted by Crippen LogP contribution is 2.35. The molecule has 7 nitrogen and oxygen atoms in total. The predicted molar refractivity (Wildman–Crippen MR) is 121 cm³/mol. The van der Waals surface area contributed by atoms with Gasteiger partial charge < -0.3 is 0 Å². The van der Waals surface area contributed by atoms with E-state index in [-0.39, 0.29) is 18.6 Å². The molecule has 1 fully saturated rings. The van der Waals surface area contributed by atoms with Gasteiger partial charge in [-0.1, -0.05) is 42.5 Å². The van der Waals surface area contributed by atoms with Crippen molar-refractivity contribution in [1.82, 2.24) is 19.0 Å². The molecule has 4 rings (SSSR count). The fraction of sp³-hybridized carbons (Fsp3) is 0.304. The van der Waals surface area contributed by atoms with Crippen molar-refractivity contribution >= 4 is 10.0 Å². The first-order valence-electron chi connectivity index (χ1n) is 10.7. The van der Waals surface area contributed by atoms with Gasteiger partial charge in [0, 0.05) is 44.4 Å². The van der Waals surface area contributed by atoms with Crippen molar-refractivity contribution in [2.45, 2.75) is 17.6 Å². The predicted octanol–water partition coefficient (Wildman–Crippen LogP) is 2.94. The Morgan fingerprint density at radius 3 is 2.15 bits per heavy atom. The maximum atomic E-state index is 13.3. The van der Waals surface area contributed by atoms with Crippen LogP contribution in [0.25, 0.3) is 11.3 Å². The van der Waals surface area contributed by atoms with Crippen LogP contribution in [0.2, 0.25) is 0 Å². The first-order valence-corrected chi connectivity index (χ1v) is 12.1. The summed E-state index contributed by atoms with van der Waals surface area (Å²) in [6.45, 7) is 1.55. The van der Waals surface area contributed by atoms with Crippen LogP contribution in [0.4, 0.5) is 13.2 Å². The monoisotopic (exact) mass is 492 g/mol. The summed E-state index contributed by atoms with van der Waals surface area (Å²) in [5.41, 5.74) is 0.138. The lowest BCUT2D eigenvalue weighted by Crippen LogP contribution is -2.49. The summed E-state index contributed by atoms with van der Waals surface area (Å²) in [7, 11) is -4.29. The minimum absolute atomic E-state index is 0.0565. The maximum absolute atomic E-state index is 13.3. The molecule has 0 N–H and O–H groups in total. The largest absolute Gasteiger partial charge is 0.417 e. The minimum Gasteiger partial charge on any atom is -0.299 e. The molecule has 0 radical (unpaired) electrons. The van der Waals surface area contributed by atoms with Gasteiger partial charge in [-0.05, 0) is 18.2 Å².